The lowest BCUT2D eigenvalue weighted by Crippen LogP contribution is -2.51. The molecule has 154 valence electrons. The highest BCUT2D eigenvalue weighted by Crippen LogP contribution is 2.38. The smallest absolute Gasteiger partial charge is 0.411 e. The van der Waals surface area contributed by atoms with E-state index >= 15 is 0 Å². The van der Waals surface area contributed by atoms with Gasteiger partial charge in [0.2, 0.25) is 5.91 Å². The van der Waals surface area contributed by atoms with Crippen LogP contribution in [0.25, 0.3) is 11.1 Å². The van der Waals surface area contributed by atoms with Gasteiger partial charge in [-0.05, 0) is 43.4 Å². The minimum absolute atomic E-state index is 0.0965. The van der Waals surface area contributed by atoms with Gasteiger partial charge in [0.15, 0.2) is 0 Å². The van der Waals surface area contributed by atoms with Crippen LogP contribution >= 0.6 is 0 Å². The van der Waals surface area contributed by atoms with Crippen molar-refractivity contribution >= 4 is 23.4 Å². The fourth-order valence-electron chi connectivity index (χ4n) is 4.27. The predicted molar refractivity (Wildman–Crippen MR) is 109 cm³/mol. The maximum absolute atomic E-state index is 12.1. The number of amides is 2. The van der Waals surface area contributed by atoms with Gasteiger partial charge in [0.25, 0.3) is 0 Å². The molecular formula is C21H26N4O4. The summed E-state index contributed by atoms with van der Waals surface area (Å²) in [4.78, 5) is 26.9. The molecule has 0 unspecified atom stereocenters. The molecule has 1 N–H and O–H groups in total. The van der Waals surface area contributed by atoms with Crippen LogP contribution in [0.2, 0.25) is 0 Å². The number of nitrogens with zero attached hydrogens (tertiary/aromatic N) is 4. The van der Waals surface area contributed by atoms with Gasteiger partial charge in [-0.25, -0.2) is 4.79 Å². The largest absolute Gasteiger partial charge is 0.465 e. The normalized spacial score (nSPS) is 19.9. The number of carbonyl (C=O) groups is 2. The molecule has 2 aliphatic rings. The lowest BCUT2D eigenvalue weighted by atomic mass is 10.0. The van der Waals surface area contributed by atoms with Crippen molar-refractivity contribution in [3.8, 4) is 11.1 Å². The van der Waals surface area contributed by atoms with Crippen molar-refractivity contribution in [2.45, 2.75) is 39.3 Å². The molecule has 0 bridgehead atoms. The first-order valence-electron chi connectivity index (χ1n) is 9.99. The van der Waals surface area contributed by atoms with E-state index in [1.54, 1.807) is 11.1 Å². The molecule has 0 saturated carbocycles. The second-order valence-electron chi connectivity index (χ2n) is 7.84. The lowest BCUT2D eigenvalue weighted by Gasteiger charge is -2.39. The highest BCUT2D eigenvalue weighted by Gasteiger charge is 2.33. The summed E-state index contributed by atoms with van der Waals surface area (Å²) >= 11 is 0. The van der Waals surface area contributed by atoms with Crippen LogP contribution in [0.4, 0.5) is 16.2 Å². The van der Waals surface area contributed by atoms with Crippen molar-refractivity contribution in [3.05, 3.63) is 30.6 Å². The van der Waals surface area contributed by atoms with E-state index in [4.69, 9.17) is 4.74 Å². The quantitative estimate of drug-likeness (QED) is 0.858. The monoisotopic (exact) mass is 398 g/mol. The number of carbonyl (C=O) groups excluding carboxylic acids is 1. The Morgan fingerprint density at radius 2 is 1.97 bits per heavy atom. The molecule has 1 aromatic carbocycles. The van der Waals surface area contributed by atoms with Crippen molar-refractivity contribution in [1.29, 1.82) is 0 Å². The first-order chi connectivity index (χ1) is 13.9. The van der Waals surface area contributed by atoms with Crippen molar-refractivity contribution in [2.24, 2.45) is 5.92 Å². The minimum Gasteiger partial charge on any atom is -0.465 e. The first-order valence-corrected chi connectivity index (χ1v) is 9.99. The number of benzene rings is 1. The third-order valence-corrected chi connectivity index (χ3v) is 5.74. The Morgan fingerprint density at radius 3 is 2.66 bits per heavy atom. The van der Waals surface area contributed by atoms with Crippen LogP contribution in [0.3, 0.4) is 0 Å². The minimum atomic E-state index is -1.02. The molecule has 29 heavy (non-hydrogen) atoms. The number of anilines is 2. The SMILES string of the molecule is CC(=O)N1c2ccc(-c3cnn(CC4CCOCC4)c3)cc2N(C(=O)O)C[C@@H]1C. The van der Waals surface area contributed by atoms with Crippen LogP contribution < -0.4 is 9.80 Å². The van der Waals surface area contributed by atoms with Gasteiger partial charge >= 0.3 is 6.09 Å². The van der Waals surface area contributed by atoms with Crippen molar-refractivity contribution < 1.29 is 19.4 Å². The van der Waals surface area contributed by atoms with E-state index in [0.717, 1.165) is 43.7 Å². The highest BCUT2D eigenvalue weighted by molar-refractivity contribution is 6.02. The van der Waals surface area contributed by atoms with Gasteiger partial charge in [0, 0.05) is 45.0 Å². The lowest BCUT2D eigenvalue weighted by molar-refractivity contribution is -0.117. The Bertz CT molecular complexity index is 919. The van der Waals surface area contributed by atoms with Crippen LogP contribution in [0.1, 0.15) is 26.7 Å². The Kier molecular flexibility index (Phi) is 5.27. The molecule has 8 heteroatoms. The standard InChI is InChI=1S/C21H26N4O4/c1-14-11-24(21(27)28)20-9-17(3-4-19(20)25(14)15(2)26)18-10-22-23(13-18)12-16-5-7-29-8-6-16/h3-4,9-10,13-14,16H,5-8,11-12H2,1-2H3,(H,27,28)/t14-/m0/s1. The van der Waals surface area contributed by atoms with Crippen LogP contribution in [-0.2, 0) is 16.1 Å². The van der Waals surface area contributed by atoms with E-state index in [-0.39, 0.29) is 18.5 Å². The molecule has 0 radical (unpaired) electrons. The Morgan fingerprint density at radius 1 is 1.21 bits per heavy atom. The van der Waals surface area contributed by atoms with E-state index in [2.05, 4.69) is 5.10 Å². The van der Waals surface area contributed by atoms with Crippen LogP contribution in [0.15, 0.2) is 30.6 Å². The van der Waals surface area contributed by atoms with E-state index in [1.165, 1.54) is 11.8 Å². The number of rotatable bonds is 3. The van der Waals surface area contributed by atoms with E-state index in [1.807, 2.05) is 36.0 Å². The zero-order valence-electron chi connectivity index (χ0n) is 16.7. The van der Waals surface area contributed by atoms with Crippen LogP contribution in [0.5, 0.6) is 0 Å². The van der Waals surface area contributed by atoms with Gasteiger partial charge in [-0.1, -0.05) is 6.07 Å². The molecular weight excluding hydrogens is 372 g/mol. The highest BCUT2D eigenvalue weighted by atomic mass is 16.5. The second kappa shape index (κ2) is 7.87. The summed E-state index contributed by atoms with van der Waals surface area (Å²) in [5, 5.41) is 14.2. The number of carboxylic acid groups (broad SMARTS) is 1. The average molecular weight is 398 g/mol. The number of hydrogen-bond acceptors (Lipinski definition) is 4. The predicted octanol–water partition coefficient (Wildman–Crippen LogP) is 3.22. The number of aromatic nitrogens is 2. The molecule has 2 amide bonds. The van der Waals surface area contributed by atoms with Crippen molar-refractivity contribution in [3.63, 3.8) is 0 Å². The molecule has 2 aliphatic heterocycles. The molecule has 1 saturated heterocycles. The van der Waals surface area contributed by atoms with E-state index in [9.17, 15) is 14.7 Å². The molecule has 0 spiro atoms. The third-order valence-electron chi connectivity index (χ3n) is 5.74. The second-order valence-corrected chi connectivity index (χ2v) is 7.84. The maximum Gasteiger partial charge on any atom is 0.411 e. The molecule has 1 atom stereocenters. The zero-order valence-corrected chi connectivity index (χ0v) is 16.7. The van der Waals surface area contributed by atoms with Gasteiger partial charge in [-0.3, -0.25) is 14.4 Å². The molecule has 0 aliphatic carbocycles. The number of ether oxygens (including phenoxy) is 1. The van der Waals surface area contributed by atoms with Gasteiger partial charge in [0.1, 0.15) is 0 Å². The van der Waals surface area contributed by atoms with E-state index in [0.29, 0.717) is 17.3 Å². The summed E-state index contributed by atoms with van der Waals surface area (Å²) in [5.41, 5.74) is 2.96. The van der Waals surface area contributed by atoms with Crippen molar-refractivity contribution in [1.82, 2.24) is 9.78 Å². The summed E-state index contributed by atoms with van der Waals surface area (Å²) in [6, 6.07) is 5.36. The summed E-state index contributed by atoms with van der Waals surface area (Å²) < 4.78 is 7.36. The Hall–Kier alpha value is -2.87. The summed E-state index contributed by atoms with van der Waals surface area (Å²) in [7, 11) is 0. The number of hydrogen-bond donors (Lipinski definition) is 1. The number of fused-ring (bicyclic) bond motifs is 1. The van der Waals surface area contributed by atoms with Gasteiger partial charge < -0.3 is 14.7 Å². The summed E-state index contributed by atoms with van der Waals surface area (Å²) in [6.45, 7) is 6.07. The third kappa shape index (κ3) is 3.85. The molecule has 3 heterocycles. The van der Waals surface area contributed by atoms with Gasteiger partial charge in [-0.2, -0.15) is 5.10 Å². The van der Waals surface area contributed by atoms with Gasteiger partial charge in [0.05, 0.1) is 23.6 Å². The maximum atomic E-state index is 12.1. The van der Waals surface area contributed by atoms with Crippen LogP contribution in [0, 0.1) is 5.92 Å². The molecule has 1 aromatic heterocycles. The summed E-state index contributed by atoms with van der Waals surface area (Å²) in [5.74, 6) is 0.467. The van der Waals surface area contributed by atoms with Crippen LogP contribution in [-0.4, -0.2) is 52.7 Å². The average Bonchev–Trinajstić information content (AvgIpc) is 3.15. The fraction of sp³-hybridized carbons (Fsp3) is 0.476. The molecule has 1 fully saturated rings. The first kappa shape index (κ1) is 19.4. The van der Waals surface area contributed by atoms with E-state index < -0.39 is 6.09 Å². The summed E-state index contributed by atoms with van der Waals surface area (Å²) in [6.07, 6.45) is 4.87. The molecule has 2 aromatic rings. The topological polar surface area (TPSA) is 87.9 Å². The zero-order chi connectivity index (χ0) is 20.5. The fourth-order valence-corrected chi connectivity index (χ4v) is 4.27. The van der Waals surface area contributed by atoms with Gasteiger partial charge in [-0.15, -0.1) is 0 Å². The Labute approximate surface area is 169 Å². The molecule has 8 nitrogen and oxygen atoms in total. The van der Waals surface area contributed by atoms with Crippen molar-refractivity contribution in [2.75, 3.05) is 29.6 Å². The molecule has 4 rings (SSSR count). The Balaban J connectivity index is 1.64.